The highest BCUT2D eigenvalue weighted by molar-refractivity contribution is 7.89. The maximum atomic E-state index is 12.6. The number of thiazole rings is 1. The Morgan fingerprint density at radius 1 is 1.28 bits per heavy atom. The molecule has 156 valence electrons. The minimum absolute atomic E-state index is 0.0301. The number of carbonyl (C=O) groups excluding carboxylic acids is 1. The Morgan fingerprint density at radius 2 is 1.97 bits per heavy atom. The second kappa shape index (κ2) is 8.09. The van der Waals surface area contributed by atoms with Gasteiger partial charge in [-0.25, -0.2) is 18.2 Å². The molecule has 0 unspecified atom stereocenters. The minimum Gasteiger partial charge on any atom is -0.454 e. The summed E-state index contributed by atoms with van der Waals surface area (Å²) >= 11 is 1.32. The third-order valence-corrected chi connectivity index (χ3v) is 7.47. The molecule has 0 spiro atoms. The van der Waals surface area contributed by atoms with Crippen LogP contribution in [-0.2, 0) is 28.4 Å². The van der Waals surface area contributed by atoms with Crippen LogP contribution in [0.25, 0.3) is 4.96 Å². The molecule has 3 aromatic heterocycles. The standard InChI is InChI=1S/C18H22N4O5S2/c1-5-21(6-2)29(25,26)14-8-15(20(4)9-14)17(24)27-10-13-7-16(23)22-12(3)11-28-18(22)19-13/h7-9,11H,5-6,10H2,1-4H3. The molecule has 0 amide bonds. The molecule has 29 heavy (non-hydrogen) atoms. The lowest BCUT2D eigenvalue weighted by atomic mass is 10.4. The first kappa shape index (κ1) is 21.2. The Bertz CT molecular complexity index is 1220. The molecule has 0 radical (unpaired) electrons. The van der Waals surface area contributed by atoms with E-state index in [1.54, 1.807) is 20.9 Å². The van der Waals surface area contributed by atoms with Gasteiger partial charge in [0.2, 0.25) is 10.0 Å². The molecule has 3 aromatic rings. The maximum Gasteiger partial charge on any atom is 0.355 e. The molecule has 9 nitrogen and oxygen atoms in total. The highest BCUT2D eigenvalue weighted by Gasteiger charge is 2.26. The molecule has 0 aromatic carbocycles. The van der Waals surface area contributed by atoms with E-state index in [0.29, 0.717) is 23.7 Å². The van der Waals surface area contributed by atoms with Crippen LogP contribution in [0.1, 0.15) is 35.7 Å². The molecule has 0 saturated carbocycles. The van der Waals surface area contributed by atoms with Gasteiger partial charge >= 0.3 is 5.97 Å². The third-order valence-electron chi connectivity index (χ3n) is 4.51. The van der Waals surface area contributed by atoms with E-state index in [1.807, 2.05) is 12.3 Å². The Hall–Kier alpha value is -2.50. The molecule has 0 saturated heterocycles. The van der Waals surface area contributed by atoms with Crippen molar-refractivity contribution in [1.29, 1.82) is 0 Å². The molecule has 0 aliphatic rings. The predicted molar refractivity (Wildman–Crippen MR) is 109 cm³/mol. The van der Waals surface area contributed by atoms with E-state index >= 15 is 0 Å². The van der Waals surface area contributed by atoms with E-state index in [4.69, 9.17) is 4.74 Å². The van der Waals surface area contributed by atoms with Gasteiger partial charge in [0.15, 0.2) is 4.96 Å². The first-order valence-corrected chi connectivity index (χ1v) is 11.3. The van der Waals surface area contributed by atoms with Crippen molar-refractivity contribution in [3.05, 3.63) is 51.1 Å². The van der Waals surface area contributed by atoms with E-state index in [-0.39, 0.29) is 22.8 Å². The van der Waals surface area contributed by atoms with Gasteiger partial charge in [0, 0.05) is 43.5 Å². The fourth-order valence-corrected chi connectivity index (χ4v) is 5.40. The van der Waals surface area contributed by atoms with E-state index in [0.717, 1.165) is 5.69 Å². The van der Waals surface area contributed by atoms with E-state index in [9.17, 15) is 18.0 Å². The van der Waals surface area contributed by atoms with Crippen LogP contribution < -0.4 is 5.56 Å². The number of hydrogen-bond donors (Lipinski definition) is 0. The molecular weight excluding hydrogens is 416 g/mol. The van der Waals surface area contributed by atoms with Crippen LogP contribution in [0.4, 0.5) is 0 Å². The topological polar surface area (TPSA) is 103 Å². The van der Waals surface area contributed by atoms with Gasteiger partial charge in [-0.05, 0) is 13.0 Å². The van der Waals surface area contributed by atoms with Crippen LogP contribution in [0.3, 0.4) is 0 Å². The first-order valence-electron chi connectivity index (χ1n) is 8.99. The number of esters is 1. The van der Waals surface area contributed by atoms with Gasteiger partial charge in [-0.1, -0.05) is 13.8 Å². The monoisotopic (exact) mass is 438 g/mol. The average molecular weight is 439 g/mol. The van der Waals surface area contributed by atoms with Gasteiger partial charge in [-0.15, -0.1) is 11.3 Å². The van der Waals surface area contributed by atoms with E-state index in [2.05, 4.69) is 4.98 Å². The highest BCUT2D eigenvalue weighted by atomic mass is 32.2. The van der Waals surface area contributed by atoms with Crippen LogP contribution >= 0.6 is 11.3 Å². The van der Waals surface area contributed by atoms with Crippen LogP contribution in [0.5, 0.6) is 0 Å². The van der Waals surface area contributed by atoms with Gasteiger partial charge < -0.3 is 9.30 Å². The van der Waals surface area contributed by atoms with E-state index in [1.165, 1.54) is 42.9 Å². The molecule has 3 heterocycles. The Balaban J connectivity index is 1.80. The van der Waals surface area contributed by atoms with Gasteiger partial charge in [0.05, 0.1) is 5.69 Å². The lowest BCUT2D eigenvalue weighted by Gasteiger charge is -2.17. The predicted octanol–water partition coefficient (Wildman–Crippen LogP) is 1.79. The van der Waals surface area contributed by atoms with Crippen LogP contribution in [0, 0.1) is 6.92 Å². The summed E-state index contributed by atoms with van der Waals surface area (Å²) in [6.45, 7) is 5.79. The Labute approximate surface area is 172 Å². The molecule has 0 fully saturated rings. The fraction of sp³-hybridized carbons (Fsp3) is 0.389. The molecule has 0 atom stereocenters. The van der Waals surface area contributed by atoms with Crippen molar-refractivity contribution in [2.45, 2.75) is 32.3 Å². The maximum absolute atomic E-state index is 12.6. The molecule has 11 heteroatoms. The van der Waals surface area contributed by atoms with Gasteiger partial charge in [-0.2, -0.15) is 4.31 Å². The lowest BCUT2D eigenvalue weighted by molar-refractivity contribution is 0.0456. The normalized spacial score (nSPS) is 12.0. The van der Waals surface area contributed by atoms with Crippen molar-refractivity contribution >= 4 is 32.3 Å². The molecular formula is C18H22N4O5S2. The SMILES string of the molecule is CCN(CC)S(=O)(=O)c1cc(C(=O)OCc2cc(=O)n3c(C)csc3n2)n(C)c1. The van der Waals surface area contributed by atoms with Crippen molar-refractivity contribution < 1.29 is 17.9 Å². The average Bonchev–Trinajstić information content (AvgIpc) is 3.24. The van der Waals surface area contributed by atoms with Crippen molar-refractivity contribution in [3.63, 3.8) is 0 Å². The van der Waals surface area contributed by atoms with Crippen molar-refractivity contribution in [3.8, 4) is 0 Å². The van der Waals surface area contributed by atoms with Crippen LogP contribution in [0.2, 0.25) is 0 Å². The van der Waals surface area contributed by atoms with Crippen molar-refractivity contribution in [2.24, 2.45) is 7.05 Å². The van der Waals surface area contributed by atoms with Crippen LogP contribution in [-0.4, -0.2) is 45.7 Å². The number of aryl methyl sites for hydroxylation is 2. The molecule has 0 N–H and O–H groups in total. The summed E-state index contributed by atoms with van der Waals surface area (Å²) in [7, 11) is -2.11. The molecule has 3 rings (SSSR count). The van der Waals surface area contributed by atoms with Crippen LogP contribution in [0.15, 0.2) is 33.4 Å². The first-order chi connectivity index (χ1) is 13.7. The van der Waals surface area contributed by atoms with Gasteiger partial charge in [0.1, 0.15) is 17.2 Å². The molecule has 0 aliphatic carbocycles. The minimum atomic E-state index is -3.68. The second-order valence-corrected chi connectivity index (χ2v) is 9.19. The van der Waals surface area contributed by atoms with Crippen molar-refractivity contribution in [1.82, 2.24) is 18.3 Å². The Morgan fingerprint density at radius 3 is 2.62 bits per heavy atom. The number of nitrogens with zero attached hydrogens (tertiary/aromatic N) is 4. The summed E-state index contributed by atoms with van der Waals surface area (Å²) in [5, 5.41) is 1.82. The quantitative estimate of drug-likeness (QED) is 0.521. The number of rotatable bonds is 7. The zero-order valence-corrected chi connectivity index (χ0v) is 18.2. The molecule has 0 aliphatic heterocycles. The van der Waals surface area contributed by atoms with Gasteiger partial charge in [-0.3, -0.25) is 9.20 Å². The zero-order valence-electron chi connectivity index (χ0n) is 16.6. The smallest absolute Gasteiger partial charge is 0.355 e. The summed E-state index contributed by atoms with van der Waals surface area (Å²) in [5.74, 6) is -0.696. The summed E-state index contributed by atoms with van der Waals surface area (Å²) < 4.78 is 34.8. The second-order valence-electron chi connectivity index (χ2n) is 6.42. The number of aromatic nitrogens is 3. The number of ether oxygens (including phenoxy) is 1. The van der Waals surface area contributed by atoms with E-state index < -0.39 is 16.0 Å². The highest BCUT2D eigenvalue weighted by Crippen LogP contribution is 2.19. The number of fused-ring (bicyclic) bond motifs is 1. The largest absolute Gasteiger partial charge is 0.454 e. The number of sulfonamides is 1. The number of carbonyl (C=O) groups is 1. The van der Waals surface area contributed by atoms with Gasteiger partial charge in [0.25, 0.3) is 5.56 Å². The summed E-state index contributed by atoms with van der Waals surface area (Å²) in [6.07, 6.45) is 1.38. The fourth-order valence-electron chi connectivity index (χ4n) is 2.98. The molecule has 0 bridgehead atoms. The zero-order chi connectivity index (χ0) is 21.3. The Kier molecular flexibility index (Phi) is 5.92. The summed E-state index contributed by atoms with van der Waals surface area (Å²) in [4.78, 5) is 29.6. The van der Waals surface area contributed by atoms with Crippen molar-refractivity contribution in [2.75, 3.05) is 13.1 Å². The third kappa shape index (κ3) is 3.98. The lowest BCUT2D eigenvalue weighted by Crippen LogP contribution is -2.30. The number of hydrogen-bond acceptors (Lipinski definition) is 7. The summed E-state index contributed by atoms with van der Waals surface area (Å²) in [5.41, 5.74) is 0.971. The summed E-state index contributed by atoms with van der Waals surface area (Å²) in [6, 6.07) is 2.62.